The number of anilines is 1. The highest BCUT2D eigenvalue weighted by Crippen LogP contribution is 2.35. The van der Waals surface area contributed by atoms with Gasteiger partial charge in [-0.25, -0.2) is 8.42 Å². The molecule has 0 saturated carbocycles. The van der Waals surface area contributed by atoms with Crippen molar-refractivity contribution in [2.75, 3.05) is 4.72 Å². The number of benzene rings is 2. The molecule has 21 heavy (non-hydrogen) atoms. The van der Waals surface area contributed by atoms with Crippen LogP contribution in [-0.2, 0) is 16.2 Å². The Bertz CT molecular complexity index is 757. The molecule has 0 aliphatic rings. The lowest BCUT2D eigenvalue weighted by molar-refractivity contribution is -0.136. The van der Waals surface area contributed by atoms with Crippen molar-refractivity contribution < 1.29 is 26.7 Å². The monoisotopic (exact) mass is 317 g/mol. The molecule has 0 heterocycles. The summed E-state index contributed by atoms with van der Waals surface area (Å²) in [6.45, 7) is 0. The normalized spacial score (nSPS) is 12.1. The topological polar surface area (TPSA) is 66.4 Å². The van der Waals surface area contributed by atoms with Gasteiger partial charge in [0.25, 0.3) is 10.0 Å². The van der Waals surface area contributed by atoms with E-state index in [2.05, 4.69) is 0 Å². The average Bonchev–Trinajstić information content (AvgIpc) is 2.37. The molecule has 2 N–H and O–H groups in total. The second-order valence-corrected chi connectivity index (χ2v) is 5.83. The van der Waals surface area contributed by atoms with Gasteiger partial charge in [-0.15, -0.1) is 0 Å². The van der Waals surface area contributed by atoms with Crippen LogP contribution in [0.4, 0.5) is 18.9 Å². The largest absolute Gasteiger partial charge is 0.508 e. The molecule has 0 aliphatic heterocycles. The third-order valence-corrected chi connectivity index (χ3v) is 3.97. The lowest BCUT2D eigenvalue weighted by Crippen LogP contribution is -2.17. The molecule has 0 unspecified atom stereocenters. The molecule has 0 aromatic heterocycles. The fourth-order valence-electron chi connectivity index (χ4n) is 1.67. The van der Waals surface area contributed by atoms with E-state index in [1.165, 1.54) is 18.2 Å². The lowest BCUT2D eigenvalue weighted by atomic mass is 10.2. The van der Waals surface area contributed by atoms with E-state index >= 15 is 0 Å². The molecule has 2 aromatic carbocycles. The number of rotatable bonds is 3. The summed E-state index contributed by atoms with van der Waals surface area (Å²) in [5.41, 5.74) is -1.66. The Hall–Kier alpha value is -2.22. The number of phenolic OH excluding ortho intramolecular Hbond substituents is 1. The zero-order valence-corrected chi connectivity index (χ0v) is 11.2. The molecule has 0 radical (unpaired) electrons. The van der Waals surface area contributed by atoms with E-state index in [1.54, 1.807) is 0 Å². The summed E-state index contributed by atoms with van der Waals surface area (Å²) < 4.78 is 64.4. The number of aromatic hydroxyl groups is 1. The Morgan fingerprint density at radius 1 is 1.00 bits per heavy atom. The smallest absolute Gasteiger partial charge is 0.418 e. The van der Waals surface area contributed by atoms with Crippen LogP contribution in [0.15, 0.2) is 53.4 Å². The first-order chi connectivity index (χ1) is 9.70. The number of nitrogens with one attached hydrogen (secondary N) is 1. The van der Waals surface area contributed by atoms with E-state index < -0.39 is 27.5 Å². The third kappa shape index (κ3) is 3.46. The number of halogens is 3. The number of para-hydroxylation sites is 1. The van der Waals surface area contributed by atoms with Crippen LogP contribution in [0.3, 0.4) is 0 Å². The first kappa shape index (κ1) is 15.2. The van der Waals surface area contributed by atoms with Crippen LogP contribution in [0, 0.1) is 0 Å². The molecule has 0 aliphatic carbocycles. The second-order valence-electron chi connectivity index (χ2n) is 4.15. The van der Waals surface area contributed by atoms with Crippen molar-refractivity contribution in [2.24, 2.45) is 0 Å². The number of hydrogen-bond donors (Lipinski definition) is 2. The molecular formula is C13H10F3NO3S. The van der Waals surface area contributed by atoms with E-state index in [9.17, 15) is 26.7 Å². The maximum absolute atomic E-state index is 12.8. The number of phenols is 1. The Morgan fingerprint density at radius 3 is 2.29 bits per heavy atom. The minimum Gasteiger partial charge on any atom is -0.508 e. The highest BCUT2D eigenvalue weighted by Gasteiger charge is 2.34. The Labute approximate surface area is 118 Å². The van der Waals surface area contributed by atoms with E-state index in [0.717, 1.165) is 30.3 Å². The van der Waals surface area contributed by atoms with E-state index in [4.69, 9.17) is 0 Å². The van der Waals surface area contributed by atoms with Gasteiger partial charge < -0.3 is 5.11 Å². The third-order valence-electron chi connectivity index (χ3n) is 2.60. The predicted octanol–water partition coefficient (Wildman–Crippen LogP) is 3.21. The molecule has 0 spiro atoms. The van der Waals surface area contributed by atoms with Crippen molar-refractivity contribution in [3.8, 4) is 5.75 Å². The van der Waals surface area contributed by atoms with Gasteiger partial charge in [0, 0.05) is 6.07 Å². The van der Waals surface area contributed by atoms with Gasteiger partial charge in [0.05, 0.1) is 16.1 Å². The van der Waals surface area contributed by atoms with Crippen LogP contribution in [-0.4, -0.2) is 13.5 Å². The van der Waals surface area contributed by atoms with E-state index in [1.807, 2.05) is 4.72 Å². The molecule has 0 atom stereocenters. The summed E-state index contributed by atoms with van der Waals surface area (Å²) in [4.78, 5) is -0.334. The number of hydrogen-bond acceptors (Lipinski definition) is 3. The van der Waals surface area contributed by atoms with E-state index in [-0.39, 0.29) is 10.6 Å². The Morgan fingerprint density at radius 2 is 1.67 bits per heavy atom. The molecule has 8 heteroatoms. The van der Waals surface area contributed by atoms with Crippen LogP contribution in [0.1, 0.15) is 5.56 Å². The maximum atomic E-state index is 12.8. The number of alkyl halides is 3. The molecule has 0 saturated heterocycles. The molecule has 2 rings (SSSR count). The van der Waals surface area contributed by atoms with Gasteiger partial charge in [-0.2, -0.15) is 13.2 Å². The maximum Gasteiger partial charge on any atom is 0.418 e. The van der Waals surface area contributed by atoms with Crippen molar-refractivity contribution in [1.29, 1.82) is 0 Å². The van der Waals surface area contributed by atoms with Crippen LogP contribution < -0.4 is 4.72 Å². The van der Waals surface area contributed by atoms with Gasteiger partial charge >= 0.3 is 6.18 Å². The summed E-state index contributed by atoms with van der Waals surface area (Å²) in [5, 5.41) is 9.25. The van der Waals surface area contributed by atoms with Gasteiger partial charge in [-0.3, -0.25) is 4.72 Å². The van der Waals surface area contributed by atoms with Gasteiger partial charge in [-0.05, 0) is 24.3 Å². The first-order valence-electron chi connectivity index (χ1n) is 5.68. The molecule has 2 aromatic rings. The molecule has 112 valence electrons. The highest BCUT2D eigenvalue weighted by atomic mass is 32.2. The van der Waals surface area contributed by atoms with Crippen LogP contribution >= 0.6 is 0 Å². The van der Waals surface area contributed by atoms with Crippen molar-refractivity contribution in [1.82, 2.24) is 0 Å². The fourth-order valence-corrected chi connectivity index (χ4v) is 2.79. The Kier molecular flexibility index (Phi) is 3.82. The summed E-state index contributed by atoms with van der Waals surface area (Å²) in [5.74, 6) is -0.304. The fraction of sp³-hybridized carbons (Fsp3) is 0.0769. The minimum absolute atomic E-state index is 0.304. The van der Waals surface area contributed by atoms with Crippen LogP contribution in [0.2, 0.25) is 0 Å². The molecule has 0 fully saturated rings. The van der Waals surface area contributed by atoms with E-state index in [0.29, 0.717) is 0 Å². The molecule has 0 amide bonds. The number of sulfonamides is 1. The SMILES string of the molecule is O=S(=O)(Nc1ccccc1C(F)(F)F)c1cccc(O)c1. The lowest BCUT2D eigenvalue weighted by Gasteiger charge is -2.14. The summed E-state index contributed by atoms with van der Waals surface area (Å²) >= 11 is 0. The predicted molar refractivity (Wildman–Crippen MR) is 70.4 cm³/mol. The van der Waals surface area contributed by atoms with Crippen molar-refractivity contribution in [2.45, 2.75) is 11.1 Å². The van der Waals surface area contributed by atoms with Gasteiger partial charge in [-0.1, -0.05) is 18.2 Å². The van der Waals surface area contributed by atoms with Crippen LogP contribution in [0.5, 0.6) is 5.75 Å². The summed E-state index contributed by atoms with van der Waals surface area (Å²) in [6.07, 6.45) is -4.68. The van der Waals surface area contributed by atoms with Gasteiger partial charge in [0.1, 0.15) is 5.75 Å². The summed E-state index contributed by atoms with van der Waals surface area (Å²) in [6, 6.07) is 8.88. The van der Waals surface area contributed by atoms with Crippen molar-refractivity contribution >= 4 is 15.7 Å². The van der Waals surface area contributed by atoms with Gasteiger partial charge in [0.2, 0.25) is 0 Å². The summed E-state index contributed by atoms with van der Waals surface area (Å²) in [7, 11) is -4.23. The highest BCUT2D eigenvalue weighted by molar-refractivity contribution is 7.92. The van der Waals surface area contributed by atoms with Gasteiger partial charge in [0.15, 0.2) is 0 Å². The zero-order chi connectivity index (χ0) is 15.7. The molecule has 4 nitrogen and oxygen atoms in total. The van der Waals surface area contributed by atoms with Crippen LogP contribution in [0.25, 0.3) is 0 Å². The zero-order valence-electron chi connectivity index (χ0n) is 10.4. The standard InChI is InChI=1S/C13H10F3NO3S/c14-13(15,16)11-6-1-2-7-12(11)17-21(19,20)10-5-3-4-9(18)8-10/h1-8,17-18H. The van der Waals surface area contributed by atoms with Crippen molar-refractivity contribution in [3.05, 3.63) is 54.1 Å². The van der Waals surface area contributed by atoms with Crippen molar-refractivity contribution in [3.63, 3.8) is 0 Å². The minimum atomic E-state index is -4.68. The quantitative estimate of drug-likeness (QED) is 0.913. The first-order valence-corrected chi connectivity index (χ1v) is 7.16. The Balaban J connectivity index is 2.43. The average molecular weight is 317 g/mol. The second kappa shape index (κ2) is 5.28. The molecule has 0 bridgehead atoms. The molecular weight excluding hydrogens is 307 g/mol.